The average Bonchev–Trinajstić information content (AvgIpc) is 3.60. The lowest BCUT2D eigenvalue weighted by molar-refractivity contribution is -0.143. The molecule has 5 rings (SSSR count). The van der Waals surface area contributed by atoms with Crippen molar-refractivity contribution < 1.29 is 23.4 Å². The zero-order valence-corrected chi connectivity index (χ0v) is 21.3. The lowest BCUT2D eigenvalue weighted by Crippen LogP contribution is -2.34. The molecule has 0 spiro atoms. The third-order valence-corrected chi connectivity index (χ3v) is 8.10. The number of fused-ring (bicyclic) bond motifs is 1. The molecule has 2 aromatic rings. The van der Waals surface area contributed by atoms with Crippen molar-refractivity contribution in [2.75, 3.05) is 31.6 Å². The number of nitrogens with one attached hydrogen (secondary N) is 1. The number of hydrogen-bond acceptors (Lipinski definition) is 5. The summed E-state index contributed by atoms with van der Waals surface area (Å²) in [6.07, 6.45) is 6.21. The summed E-state index contributed by atoms with van der Waals surface area (Å²) < 4.78 is 35.2. The Hall–Kier alpha value is -2.58. The molecule has 0 radical (unpaired) electrons. The summed E-state index contributed by atoms with van der Waals surface area (Å²) in [5, 5.41) is 13.5. The number of carboxylic acid groups (broad SMARTS) is 1. The van der Waals surface area contributed by atoms with Crippen molar-refractivity contribution >= 4 is 11.8 Å². The van der Waals surface area contributed by atoms with Gasteiger partial charge < -0.3 is 15.2 Å². The van der Waals surface area contributed by atoms with E-state index in [0.717, 1.165) is 68.6 Å². The number of benzene rings is 1. The Balaban J connectivity index is 1.16. The molecule has 8 heteroatoms. The van der Waals surface area contributed by atoms with Gasteiger partial charge in [0.25, 0.3) is 0 Å². The summed E-state index contributed by atoms with van der Waals surface area (Å²) in [6, 6.07) is 7.56. The molecular weight excluding hydrogens is 476 g/mol. The first-order valence-corrected chi connectivity index (χ1v) is 13.7. The van der Waals surface area contributed by atoms with Crippen LogP contribution in [-0.4, -0.2) is 53.4 Å². The predicted octanol–water partition coefficient (Wildman–Crippen LogP) is 5.63. The number of unbranched alkanes of at least 4 members (excludes halogenated alkanes) is 1. The minimum Gasteiger partial charge on any atom is -0.480 e. The number of carbonyl (C=O) groups is 1. The molecule has 0 aliphatic carbocycles. The lowest BCUT2D eigenvalue weighted by atomic mass is 9.94. The molecule has 0 bridgehead atoms. The maximum atomic E-state index is 15.2. The van der Waals surface area contributed by atoms with Crippen molar-refractivity contribution in [2.45, 2.75) is 76.1 Å². The Bertz CT molecular complexity index is 1090. The molecule has 2 saturated heterocycles. The van der Waals surface area contributed by atoms with E-state index in [4.69, 9.17) is 9.72 Å². The number of aliphatic carboxylic acids is 1. The Labute approximate surface area is 217 Å². The smallest absolute Gasteiger partial charge is 0.325 e. The van der Waals surface area contributed by atoms with Gasteiger partial charge in [0.1, 0.15) is 23.8 Å². The van der Waals surface area contributed by atoms with Gasteiger partial charge in [0, 0.05) is 31.3 Å². The summed E-state index contributed by atoms with van der Waals surface area (Å²) in [5.74, 6) is -0.723. The highest BCUT2D eigenvalue weighted by Gasteiger charge is 2.38. The third-order valence-electron chi connectivity index (χ3n) is 8.10. The number of likely N-dealkylation sites (tertiary alicyclic amines) is 1. The summed E-state index contributed by atoms with van der Waals surface area (Å²) in [6.45, 7) is 2.42. The fraction of sp³-hybridized carbons (Fsp3) is 0.586. The SMILES string of the molecule is O=C(O)[C@H](c1cc(F)ccc1[C@@H]1CCCO1)N1CC[C@@H](C(F)CCCCc2ccc3c(n2)NCCC3)C1. The number of rotatable bonds is 10. The molecule has 2 fully saturated rings. The molecule has 0 saturated carbocycles. The molecule has 200 valence electrons. The van der Waals surface area contributed by atoms with Crippen LogP contribution < -0.4 is 5.32 Å². The molecule has 4 atom stereocenters. The van der Waals surface area contributed by atoms with Gasteiger partial charge in [-0.05, 0) is 92.8 Å². The highest BCUT2D eigenvalue weighted by atomic mass is 19.1. The Kier molecular flexibility index (Phi) is 8.35. The third kappa shape index (κ3) is 6.12. The molecule has 3 aliphatic heterocycles. The van der Waals surface area contributed by atoms with Gasteiger partial charge in [0.15, 0.2) is 0 Å². The molecule has 6 nitrogen and oxygen atoms in total. The number of aromatic nitrogens is 1. The molecule has 4 heterocycles. The van der Waals surface area contributed by atoms with Gasteiger partial charge in [-0.1, -0.05) is 18.6 Å². The van der Waals surface area contributed by atoms with Crippen molar-refractivity contribution in [3.8, 4) is 0 Å². The second kappa shape index (κ2) is 11.9. The number of hydrogen-bond donors (Lipinski definition) is 2. The maximum Gasteiger partial charge on any atom is 0.325 e. The normalized spacial score (nSPS) is 23.4. The van der Waals surface area contributed by atoms with E-state index < -0.39 is 24.0 Å². The van der Waals surface area contributed by atoms with Gasteiger partial charge in [-0.25, -0.2) is 13.8 Å². The number of nitrogens with zero attached hydrogens (tertiary/aromatic N) is 2. The van der Waals surface area contributed by atoms with Crippen molar-refractivity contribution in [3.63, 3.8) is 0 Å². The Morgan fingerprint density at radius 2 is 2.11 bits per heavy atom. The van der Waals surface area contributed by atoms with Gasteiger partial charge in [0.05, 0.1) is 6.10 Å². The van der Waals surface area contributed by atoms with Gasteiger partial charge >= 0.3 is 5.97 Å². The minimum atomic E-state index is -1.03. The van der Waals surface area contributed by atoms with Gasteiger partial charge in [-0.2, -0.15) is 0 Å². The Morgan fingerprint density at radius 1 is 1.22 bits per heavy atom. The first-order valence-electron chi connectivity index (χ1n) is 13.7. The van der Waals surface area contributed by atoms with E-state index in [0.29, 0.717) is 38.1 Å². The first-order chi connectivity index (χ1) is 18.0. The van der Waals surface area contributed by atoms with Crippen LogP contribution in [0.4, 0.5) is 14.6 Å². The highest BCUT2D eigenvalue weighted by molar-refractivity contribution is 5.76. The lowest BCUT2D eigenvalue weighted by Gasteiger charge is -2.28. The molecule has 2 N–H and O–H groups in total. The van der Waals surface area contributed by atoms with Crippen LogP contribution in [0.15, 0.2) is 30.3 Å². The number of ether oxygens (including phenoxy) is 1. The number of halogens is 2. The van der Waals surface area contributed by atoms with E-state index in [2.05, 4.69) is 17.4 Å². The second-order valence-electron chi connectivity index (χ2n) is 10.7. The molecular formula is C29H37F2N3O3. The van der Waals surface area contributed by atoms with E-state index in [1.54, 1.807) is 11.0 Å². The van der Waals surface area contributed by atoms with Gasteiger partial charge in [0.2, 0.25) is 0 Å². The maximum absolute atomic E-state index is 15.2. The molecule has 3 aliphatic rings. The first kappa shape index (κ1) is 26.0. The molecule has 1 aromatic heterocycles. The minimum absolute atomic E-state index is 0.215. The number of carboxylic acids is 1. The zero-order chi connectivity index (χ0) is 25.8. The fourth-order valence-corrected chi connectivity index (χ4v) is 6.12. The number of alkyl halides is 1. The quantitative estimate of drug-likeness (QED) is 0.401. The van der Waals surface area contributed by atoms with Crippen molar-refractivity contribution in [1.82, 2.24) is 9.88 Å². The van der Waals surface area contributed by atoms with E-state index in [-0.39, 0.29) is 12.0 Å². The predicted molar refractivity (Wildman–Crippen MR) is 138 cm³/mol. The van der Waals surface area contributed by atoms with Gasteiger partial charge in [-0.15, -0.1) is 0 Å². The number of pyridine rings is 1. The zero-order valence-electron chi connectivity index (χ0n) is 21.3. The van der Waals surface area contributed by atoms with Crippen LogP contribution in [0.1, 0.15) is 79.5 Å². The van der Waals surface area contributed by atoms with Crippen LogP contribution >= 0.6 is 0 Å². The van der Waals surface area contributed by atoms with Crippen LogP contribution in [0.2, 0.25) is 0 Å². The van der Waals surface area contributed by atoms with E-state index in [9.17, 15) is 14.3 Å². The monoisotopic (exact) mass is 513 g/mol. The van der Waals surface area contributed by atoms with Gasteiger partial charge in [-0.3, -0.25) is 9.69 Å². The van der Waals surface area contributed by atoms with Crippen LogP contribution in [0.25, 0.3) is 0 Å². The molecule has 1 unspecified atom stereocenters. The largest absolute Gasteiger partial charge is 0.480 e. The highest BCUT2D eigenvalue weighted by Crippen LogP contribution is 2.38. The summed E-state index contributed by atoms with van der Waals surface area (Å²) >= 11 is 0. The summed E-state index contributed by atoms with van der Waals surface area (Å²) in [5.41, 5.74) is 3.47. The summed E-state index contributed by atoms with van der Waals surface area (Å²) in [7, 11) is 0. The second-order valence-corrected chi connectivity index (χ2v) is 10.7. The topological polar surface area (TPSA) is 74.7 Å². The van der Waals surface area contributed by atoms with Crippen LogP contribution in [0.5, 0.6) is 0 Å². The Morgan fingerprint density at radius 3 is 2.92 bits per heavy atom. The van der Waals surface area contributed by atoms with E-state index >= 15 is 4.39 Å². The van der Waals surface area contributed by atoms with Crippen LogP contribution in [0, 0.1) is 11.7 Å². The van der Waals surface area contributed by atoms with Crippen molar-refractivity contribution in [3.05, 3.63) is 58.5 Å². The van der Waals surface area contributed by atoms with Crippen molar-refractivity contribution in [2.24, 2.45) is 5.92 Å². The van der Waals surface area contributed by atoms with E-state index in [1.165, 1.54) is 17.7 Å². The number of anilines is 1. The molecule has 1 aromatic carbocycles. The van der Waals surface area contributed by atoms with Crippen molar-refractivity contribution in [1.29, 1.82) is 0 Å². The number of aryl methyl sites for hydroxylation is 2. The average molecular weight is 514 g/mol. The van der Waals surface area contributed by atoms with E-state index in [1.807, 2.05) is 0 Å². The standard InChI is InChI=1S/C29H37F2N3O3/c30-21-10-12-23(26-8-4-16-37-26)24(17-21)27(29(35)36)34-15-13-20(18-34)25(31)7-2-1-6-22-11-9-19-5-3-14-32-28(19)33-22/h9-12,17,20,25-27H,1-8,13-16,18H2,(H,32,33)(H,35,36)/t20-,25?,26+,27+/m1/s1. The molecule has 0 amide bonds. The van der Waals surface area contributed by atoms with Crippen LogP contribution in [-0.2, 0) is 22.4 Å². The molecule has 37 heavy (non-hydrogen) atoms. The summed E-state index contributed by atoms with van der Waals surface area (Å²) in [4.78, 5) is 18.9. The van der Waals surface area contributed by atoms with Crippen LogP contribution in [0.3, 0.4) is 0 Å². The fourth-order valence-electron chi connectivity index (χ4n) is 6.12.